The van der Waals surface area contributed by atoms with Gasteiger partial charge in [-0.1, -0.05) is 41.1 Å². The van der Waals surface area contributed by atoms with Crippen LogP contribution in [0.15, 0.2) is 33.2 Å². The Labute approximate surface area is 186 Å². The summed E-state index contributed by atoms with van der Waals surface area (Å²) in [4.78, 5) is 23.3. The average molecular weight is 474 g/mol. The predicted octanol–water partition coefficient (Wildman–Crippen LogP) is 3.74. The number of amides is 1. The molecule has 0 aliphatic carbocycles. The van der Waals surface area contributed by atoms with Crippen molar-refractivity contribution in [2.24, 2.45) is 0 Å². The van der Waals surface area contributed by atoms with E-state index in [4.69, 9.17) is 4.42 Å². The molecule has 1 aromatic carbocycles. The second kappa shape index (κ2) is 10.1. The molecule has 0 saturated carbocycles. The van der Waals surface area contributed by atoms with E-state index in [2.05, 4.69) is 51.8 Å². The summed E-state index contributed by atoms with van der Waals surface area (Å²) in [7, 11) is 0. The van der Waals surface area contributed by atoms with Gasteiger partial charge in [-0.3, -0.25) is 9.69 Å². The topological polar surface area (TPSA) is 76.6 Å². The molecule has 0 N–H and O–H groups in total. The molecule has 1 aliphatic rings. The van der Waals surface area contributed by atoms with E-state index in [9.17, 15) is 10.1 Å². The number of halogens is 1. The largest absolute Gasteiger partial charge is 0.424 e. The van der Waals surface area contributed by atoms with Crippen LogP contribution in [0.3, 0.4) is 0 Å². The Bertz CT molecular complexity index is 914. The third-order valence-electron chi connectivity index (χ3n) is 5.49. The Morgan fingerprint density at radius 1 is 1.33 bits per heavy atom. The van der Waals surface area contributed by atoms with E-state index in [-0.39, 0.29) is 11.9 Å². The van der Waals surface area contributed by atoms with Crippen LogP contribution in [-0.2, 0) is 4.79 Å². The number of hydrogen-bond donors (Lipinski definition) is 0. The maximum absolute atomic E-state index is 13.0. The van der Waals surface area contributed by atoms with E-state index in [0.717, 1.165) is 17.4 Å². The summed E-state index contributed by atoms with van der Waals surface area (Å²) in [6.45, 7) is 9.73. The van der Waals surface area contributed by atoms with Crippen LogP contribution >= 0.6 is 15.9 Å². The molecule has 3 rings (SSSR count). The summed E-state index contributed by atoms with van der Waals surface area (Å²) in [5, 5.41) is 9.25. The van der Waals surface area contributed by atoms with E-state index in [1.165, 1.54) is 5.56 Å². The number of piperazine rings is 1. The van der Waals surface area contributed by atoms with Crippen molar-refractivity contribution in [3.05, 3.63) is 45.9 Å². The molecule has 1 amide bonds. The second-order valence-corrected chi connectivity index (χ2v) is 8.39. The molecule has 30 heavy (non-hydrogen) atoms. The number of anilines is 1. The minimum absolute atomic E-state index is 0.135. The fourth-order valence-corrected chi connectivity index (χ4v) is 4.46. The molecule has 1 atom stereocenters. The number of oxazole rings is 1. The summed E-state index contributed by atoms with van der Waals surface area (Å²) in [5.74, 6) is 1.13. The van der Waals surface area contributed by atoms with Crippen molar-refractivity contribution < 1.29 is 9.21 Å². The van der Waals surface area contributed by atoms with Crippen LogP contribution in [0.25, 0.3) is 0 Å². The molecule has 0 bridgehead atoms. The van der Waals surface area contributed by atoms with Gasteiger partial charge in [0.2, 0.25) is 17.5 Å². The van der Waals surface area contributed by atoms with Crippen molar-refractivity contribution >= 4 is 27.7 Å². The highest BCUT2D eigenvalue weighted by Crippen LogP contribution is 2.28. The van der Waals surface area contributed by atoms with Crippen LogP contribution < -0.4 is 4.90 Å². The maximum atomic E-state index is 13.0. The summed E-state index contributed by atoms with van der Waals surface area (Å²) in [6.07, 6.45) is 0.984. The quantitative estimate of drug-likeness (QED) is 0.609. The van der Waals surface area contributed by atoms with Crippen molar-refractivity contribution in [2.75, 3.05) is 44.2 Å². The summed E-state index contributed by atoms with van der Waals surface area (Å²) >= 11 is 3.64. The molecule has 1 unspecified atom stereocenters. The highest BCUT2D eigenvalue weighted by Gasteiger charge is 2.28. The van der Waals surface area contributed by atoms with Crippen LogP contribution in [0.4, 0.5) is 5.88 Å². The smallest absolute Gasteiger partial charge is 0.236 e. The predicted molar refractivity (Wildman–Crippen MR) is 119 cm³/mol. The Hall–Kier alpha value is -2.37. The molecule has 160 valence electrons. The lowest BCUT2D eigenvalue weighted by molar-refractivity contribution is -0.133. The van der Waals surface area contributed by atoms with Crippen molar-refractivity contribution in [3.8, 4) is 6.07 Å². The van der Waals surface area contributed by atoms with Gasteiger partial charge in [0, 0.05) is 43.6 Å². The molecule has 1 aromatic heterocycles. The first-order chi connectivity index (χ1) is 14.4. The van der Waals surface area contributed by atoms with Gasteiger partial charge >= 0.3 is 0 Å². The number of hydrogen-bond acceptors (Lipinski definition) is 6. The minimum atomic E-state index is 0.135. The highest BCUT2D eigenvalue weighted by atomic mass is 79.9. The Morgan fingerprint density at radius 3 is 2.67 bits per heavy atom. The fourth-order valence-electron chi connectivity index (χ4n) is 3.84. The van der Waals surface area contributed by atoms with Gasteiger partial charge in [-0.15, -0.1) is 0 Å². The molecule has 1 saturated heterocycles. The molecule has 2 aromatic rings. The number of aromatic nitrogens is 1. The first kappa shape index (κ1) is 22.3. The highest BCUT2D eigenvalue weighted by molar-refractivity contribution is 9.10. The van der Waals surface area contributed by atoms with Crippen molar-refractivity contribution in [1.29, 1.82) is 5.26 Å². The first-order valence-electron chi connectivity index (χ1n) is 10.3. The van der Waals surface area contributed by atoms with Crippen molar-refractivity contribution in [3.63, 3.8) is 0 Å². The lowest BCUT2D eigenvalue weighted by atomic mass is 10.1. The molecule has 7 nitrogen and oxygen atoms in total. The van der Waals surface area contributed by atoms with E-state index in [1.54, 1.807) is 6.92 Å². The molecule has 0 spiro atoms. The van der Waals surface area contributed by atoms with Crippen LogP contribution in [0.5, 0.6) is 0 Å². The molecular formula is C22H28BrN5O2. The van der Waals surface area contributed by atoms with Gasteiger partial charge in [-0.05, 0) is 31.5 Å². The maximum Gasteiger partial charge on any atom is 0.236 e. The summed E-state index contributed by atoms with van der Waals surface area (Å²) in [5.41, 5.74) is 1.50. The van der Waals surface area contributed by atoms with Gasteiger partial charge in [-0.25, -0.2) is 4.98 Å². The van der Waals surface area contributed by atoms with E-state index < -0.39 is 0 Å². The number of benzene rings is 1. The normalized spacial score (nSPS) is 15.3. The zero-order chi connectivity index (χ0) is 21.7. The van der Waals surface area contributed by atoms with Crippen molar-refractivity contribution in [2.45, 2.75) is 33.2 Å². The van der Waals surface area contributed by atoms with Crippen molar-refractivity contribution in [1.82, 2.24) is 14.8 Å². The van der Waals surface area contributed by atoms with Crippen LogP contribution in [0.2, 0.25) is 0 Å². The average Bonchev–Trinajstić information content (AvgIpc) is 3.14. The molecule has 1 fully saturated rings. The summed E-state index contributed by atoms with van der Waals surface area (Å²) < 4.78 is 6.67. The lowest BCUT2D eigenvalue weighted by Gasteiger charge is -2.36. The van der Waals surface area contributed by atoms with E-state index >= 15 is 0 Å². The Morgan fingerprint density at radius 2 is 2.03 bits per heavy atom. The lowest BCUT2D eigenvalue weighted by Crippen LogP contribution is -2.51. The van der Waals surface area contributed by atoms with Gasteiger partial charge in [-0.2, -0.15) is 5.26 Å². The fraction of sp³-hybridized carbons (Fsp3) is 0.500. The first-order valence-corrected chi connectivity index (χ1v) is 11.1. The number of rotatable bonds is 7. The van der Waals surface area contributed by atoms with Crippen LogP contribution in [0, 0.1) is 18.3 Å². The number of nitriles is 1. The molecule has 0 radical (unpaired) electrons. The molecular weight excluding hydrogens is 446 g/mol. The standard InChI is InChI=1S/C22H28BrN5O2/c1-4-9-28(16(2)18-7-5-6-8-19(18)23)15-21(29)26-10-12-27(13-11-26)22-20(14-24)25-17(3)30-22/h5-8,16H,4,9-13,15H2,1-3H3. The van der Waals surface area contributed by atoms with Gasteiger partial charge in [0.25, 0.3) is 0 Å². The van der Waals surface area contributed by atoms with Crippen LogP contribution in [-0.4, -0.2) is 60.0 Å². The number of carbonyl (C=O) groups is 1. The Balaban J connectivity index is 1.62. The molecule has 1 aliphatic heterocycles. The minimum Gasteiger partial charge on any atom is -0.424 e. The molecule has 2 heterocycles. The Kier molecular flexibility index (Phi) is 7.51. The van der Waals surface area contributed by atoms with Gasteiger partial charge in [0.1, 0.15) is 6.07 Å². The summed E-state index contributed by atoms with van der Waals surface area (Å²) in [6, 6.07) is 10.4. The third-order valence-corrected chi connectivity index (χ3v) is 6.22. The van der Waals surface area contributed by atoms with E-state index in [1.807, 2.05) is 28.0 Å². The van der Waals surface area contributed by atoms with Gasteiger partial charge in [0.05, 0.1) is 6.54 Å². The monoisotopic (exact) mass is 473 g/mol. The molecule has 8 heteroatoms. The van der Waals surface area contributed by atoms with Crippen LogP contribution in [0.1, 0.15) is 43.5 Å². The van der Waals surface area contributed by atoms with Gasteiger partial charge < -0.3 is 14.2 Å². The third kappa shape index (κ3) is 5.02. The van der Waals surface area contributed by atoms with E-state index in [0.29, 0.717) is 50.2 Å². The number of aryl methyl sites for hydroxylation is 1. The SMILES string of the molecule is CCCN(CC(=O)N1CCN(c2oc(C)nc2C#N)CC1)C(C)c1ccccc1Br. The van der Waals surface area contributed by atoms with Gasteiger partial charge in [0.15, 0.2) is 5.89 Å². The second-order valence-electron chi connectivity index (χ2n) is 7.53. The number of nitrogens with zero attached hydrogens (tertiary/aromatic N) is 5. The zero-order valence-corrected chi connectivity index (χ0v) is 19.4. The zero-order valence-electron chi connectivity index (χ0n) is 17.8. The number of carbonyl (C=O) groups excluding carboxylic acids is 1.